The van der Waals surface area contributed by atoms with Gasteiger partial charge in [0.1, 0.15) is 5.02 Å². The minimum Gasteiger partial charge on any atom is -0.369 e. The molecule has 0 unspecified atom stereocenters. The molecule has 2 aliphatic rings. The molecule has 0 radical (unpaired) electrons. The second-order valence-corrected chi connectivity index (χ2v) is 10.8. The van der Waals surface area contributed by atoms with Crippen molar-refractivity contribution in [2.24, 2.45) is 0 Å². The largest absolute Gasteiger partial charge is 0.369 e. The van der Waals surface area contributed by atoms with E-state index in [0.29, 0.717) is 28.9 Å². The van der Waals surface area contributed by atoms with Gasteiger partial charge >= 0.3 is 0 Å². The van der Waals surface area contributed by atoms with Crippen LogP contribution in [0.3, 0.4) is 0 Å². The molecule has 1 aliphatic heterocycles. The van der Waals surface area contributed by atoms with Crippen LogP contribution in [0.25, 0.3) is 0 Å². The number of nitrogens with one attached hydrogen (secondary N) is 4. The van der Waals surface area contributed by atoms with Gasteiger partial charge in [-0.2, -0.15) is 4.98 Å². The second-order valence-electron chi connectivity index (χ2n) is 8.61. The highest BCUT2D eigenvalue weighted by atomic mass is 35.5. The van der Waals surface area contributed by atoms with Crippen molar-refractivity contribution in [1.29, 1.82) is 0 Å². The Morgan fingerprint density at radius 2 is 2.00 bits per heavy atom. The lowest BCUT2D eigenvalue weighted by Crippen LogP contribution is -2.48. The Kier molecular flexibility index (Phi) is 7.44. The number of carbonyl (C=O) groups excluding carboxylic acids is 1. The summed E-state index contributed by atoms with van der Waals surface area (Å²) in [4.78, 5) is 23.4. The summed E-state index contributed by atoms with van der Waals surface area (Å²) in [5.41, 5.74) is 2.23. The summed E-state index contributed by atoms with van der Waals surface area (Å²) >= 11 is 6.36. The molecular formula is C22H30ClN7O3S. The van der Waals surface area contributed by atoms with Crippen molar-refractivity contribution >= 4 is 50.7 Å². The molecule has 0 spiro atoms. The van der Waals surface area contributed by atoms with Crippen LogP contribution in [-0.2, 0) is 10.0 Å². The first-order valence-electron chi connectivity index (χ1n) is 11.4. The van der Waals surface area contributed by atoms with Gasteiger partial charge in [0.15, 0.2) is 5.82 Å². The molecule has 0 bridgehead atoms. The number of likely N-dealkylation sites (N-methyl/N-ethyl adjacent to an activating group) is 1. The van der Waals surface area contributed by atoms with E-state index in [-0.39, 0.29) is 18.0 Å². The van der Waals surface area contributed by atoms with E-state index in [0.717, 1.165) is 50.1 Å². The fraction of sp³-hybridized carbons (Fsp3) is 0.500. The van der Waals surface area contributed by atoms with Gasteiger partial charge < -0.3 is 20.9 Å². The monoisotopic (exact) mass is 507 g/mol. The molecule has 10 nitrogen and oxygen atoms in total. The van der Waals surface area contributed by atoms with Crippen molar-refractivity contribution in [3.8, 4) is 0 Å². The van der Waals surface area contributed by atoms with Gasteiger partial charge in [0.2, 0.25) is 16.0 Å². The quantitative estimate of drug-likeness (QED) is 0.450. The highest BCUT2D eigenvalue weighted by molar-refractivity contribution is 7.88. The third-order valence-corrected chi connectivity index (χ3v) is 7.09. The topological polar surface area (TPSA) is 128 Å². The van der Waals surface area contributed by atoms with E-state index in [2.05, 4.69) is 42.5 Å². The summed E-state index contributed by atoms with van der Waals surface area (Å²) in [7, 11) is -3.33. The van der Waals surface area contributed by atoms with E-state index in [1.165, 1.54) is 12.5 Å². The fourth-order valence-corrected chi connectivity index (χ4v) is 5.44. The Morgan fingerprint density at radius 1 is 1.24 bits per heavy atom. The van der Waals surface area contributed by atoms with Crippen molar-refractivity contribution in [3.05, 3.63) is 35.0 Å². The maximum atomic E-state index is 12.4. The molecule has 4 N–H and O–H groups in total. The van der Waals surface area contributed by atoms with Crippen LogP contribution in [0.1, 0.15) is 43.0 Å². The first-order chi connectivity index (χ1) is 16.2. The van der Waals surface area contributed by atoms with Crippen LogP contribution in [0.2, 0.25) is 5.02 Å². The SMILES string of the molecule is CCN1CCNC(=O)c2ccc(Nc3ncc(Cl)c(N[C@@H]4CCCC[C@H]4NS(C)(=O)=O)n3)cc21. The number of rotatable bonds is 7. The Labute approximate surface area is 204 Å². The summed E-state index contributed by atoms with van der Waals surface area (Å²) < 4.78 is 26.3. The third-order valence-electron chi connectivity index (χ3n) is 6.09. The average Bonchev–Trinajstić information content (AvgIpc) is 2.94. The third kappa shape index (κ3) is 5.89. The zero-order chi connectivity index (χ0) is 24.3. The molecule has 2 heterocycles. The molecule has 0 saturated heterocycles. The molecule has 1 amide bonds. The van der Waals surface area contributed by atoms with Gasteiger partial charge in [0.25, 0.3) is 5.91 Å². The number of amides is 1. The number of nitrogens with zero attached hydrogens (tertiary/aromatic N) is 3. The Balaban J connectivity index is 1.55. The summed E-state index contributed by atoms with van der Waals surface area (Å²) in [6.45, 7) is 4.15. The lowest BCUT2D eigenvalue weighted by Gasteiger charge is -2.32. The summed E-state index contributed by atoms with van der Waals surface area (Å²) in [5, 5.41) is 9.78. The zero-order valence-corrected chi connectivity index (χ0v) is 20.8. The van der Waals surface area contributed by atoms with Crippen molar-refractivity contribution < 1.29 is 13.2 Å². The molecular weight excluding hydrogens is 478 g/mol. The van der Waals surface area contributed by atoms with Gasteiger partial charge in [-0.25, -0.2) is 18.1 Å². The first-order valence-corrected chi connectivity index (χ1v) is 13.7. The van der Waals surface area contributed by atoms with Crippen LogP contribution >= 0.6 is 11.6 Å². The second kappa shape index (κ2) is 10.3. The van der Waals surface area contributed by atoms with Gasteiger partial charge in [-0.3, -0.25) is 4.79 Å². The number of hydrogen-bond donors (Lipinski definition) is 4. The number of halogens is 1. The molecule has 184 valence electrons. The van der Waals surface area contributed by atoms with E-state index in [1.807, 2.05) is 12.1 Å². The number of benzene rings is 1. The van der Waals surface area contributed by atoms with Crippen molar-refractivity contribution in [2.75, 3.05) is 41.4 Å². The number of anilines is 4. The molecule has 34 heavy (non-hydrogen) atoms. The standard InChI is InChI=1S/C22H30ClN7O3S/c1-3-30-11-10-24-21(31)15-9-8-14(12-19(15)30)26-22-25-13-16(23)20(28-22)27-17-6-4-5-7-18(17)29-34(2,32)33/h8-9,12-13,17-18,29H,3-7,10-11H2,1-2H3,(H,24,31)(H2,25,26,27,28)/t17-,18-/m1/s1. The highest BCUT2D eigenvalue weighted by Gasteiger charge is 2.28. The summed E-state index contributed by atoms with van der Waals surface area (Å²) in [5.74, 6) is 0.698. The van der Waals surface area contributed by atoms with Gasteiger partial charge in [0.05, 0.1) is 23.7 Å². The summed E-state index contributed by atoms with van der Waals surface area (Å²) in [6.07, 6.45) is 6.18. The zero-order valence-electron chi connectivity index (χ0n) is 19.3. The molecule has 1 aliphatic carbocycles. The molecule has 4 rings (SSSR count). The number of sulfonamides is 1. The lowest BCUT2D eigenvalue weighted by atomic mass is 9.91. The van der Waals surface area contributed by atoms with Gasteiger partial charge in [-0.15, -0.1) is 0 Å². The van der Waals surface area contributed by atoms with E-state index >= 15 is 0 Å². The number of aromatic nitrogens is 2. The molecule has 1 fully saturated rings. The lowest BCUT2D eigenvalue weighted by molar-refractivity contribution is 0.0958. The van der Waals surface area contributed by atoms with Crippen LogP contribution in [0, 0.1) is 0 Å². The van der Waals surface area contributed by atoms with Gasteiger partial charge in [0, 0.05) is 37.4 Å². The predicted molar refractivity (Wildman–Crippen MR) is 135 cm³/mol. The number of carbonyl (C=O) groups is 1. The molecule has 1 aromatic carbocycles. The molecule has 1 saturated carbocycles. The van der Waals surface area contributed by atoms with Crippen LogP contribution in [0.15, 0.2) is 24.4 Å². The first kappa shape index (κ1) is 24.5. The fourth-order valence-electron chi connectivity index (χ4n) is 4.46. The molecule has 12 heteroatoms. The minimum absolute atomic E-state index is 0.0866. The van der Waals surface area contributed by atoms with Crippen molar-refractivity contribution in [1.82, 2.24) is 20.0 Å². The van der Waals surface area contributed by atoms with Crippen LogP contribution in [0.5, 0.6) is 0 Å². The average molecular weight is 508 g/mol. The van der Waals surface area contributed by atoms with Crippen LogP contribution < -0.4 is 25.6 Å². The Hall–Kier alpha value is -2.63. The molecule has 1 aromatic heterocycles. The van der Waals surface area contributed by atoms with Crippen LogP contribution in [0.4, 0.5) is 23.1 Å². The predicted octanol–water partition coefficient (Wildman–Crippen LogP) is 2.72. The van der Waals surface area contributed by atoms with E-state index < -0.39 is 10.0 Å². The van der Waals surface area contributed by atoms with Crippen LogP contribution in [-0.4, -0.2) is 62.3 Å². The van der Waals surface area contributed by atoms with Gasteiger partial charge in [-0.05, 0) is 38.0 Å². The van der Waals surface area contributed by atoms with Crippen molar-refractivity contribution in [3.63, 3.8) is 0 Å². The summed E-state index contributed by atoms with van der Waals surface area (Å²) in [6, 6.07) is 5.16. The Morgan fingerprint density at radius 3 is 2.74 bits per heavy atom. The van der Waals surface area contributed by atoms with E-state index in [4.69, 9.17) is 11.6 Å². The normalized spacial score (nSPS) is 20.8. The van der Waals surface area contributed by atoms with E-state index in [1.54, 1.807) is 6.07 Å². The van der Waals surface area contributed by atoms with Crippen molar-refractivity contribution in [2.45, 2.75) is 44.7 Å². The number of hydrogen-bond acceptors (Lipinski definition) is 8. The maximum Gasteiger partial charge on any atom is 0.253 e. The molecule has 2 atom stereocenters. The van der Waals surface area contributed by atoms with E-state index in [9.17, 15) is 13.2 Å². The van der Waals surface area contributed by atoms with Gasteiger partial charge in [-0.1, -0.05) is 24.4 Å². The maximum absolute atomic E-state index is 12.4. The minimum atomic E-state index is -3.33. The highest BCUT2D eigenvalue weighted by Crippen LogP contribution is 2.30. The number of fused-ring (bicyclic) bond motifs is 1. The Bertz CT molecular complexity index is 1160. The smallest absolute Gasteiger partial charge is 0.253 e. The molecule has 2 aromatic rings.